The van der Waals surface area contributed by atoms with Gasteiger partial charge in [0, 0.05) is 62.8 Å². The Morgan fingerprint density at radius 2 is 0.460 bits per heavy atom. The topological polar surface area (TPSA) is 74.2 Å². The van der Waals surface area contributed by atoms with Crippen LogP contribution in [0.4, 0.5) is 0 Å². The normalized spacial score (nSPS) is 15.2. The van der Waals surface area contributed by atoms with E-state index in [0.717, 1.165) is 48.1 Å². The van der Waals surface area contributed by atoms with Gasteiger partial charge in [0.25, 0.3) is 0 Å². The molecule has 4 aliphatic heterocycles. The smallest absolute Gasteiger partial charge is 0.164 e. The van der Waals surface area contributed by atoms with Gasteiger partial charge in [0.15, 0.2) is 35.0 Å². The first kappa shape index (κ1) is 41.4. The summed E-state index contributed by atoms with van der Waals surface area (Å²) < 4.78 is 0. The Balaban J connectivity index is 1.06. The molecular weight excluding hydrogens is 829 g/mol. The second kappa shape index (κ2) is 15.6. The molecule has 0 N–H and O–H groups in total. The Hall–Kier alpha value is -5.61. The number of benzene rings is 6. The lowest BCUT2D eigenvalue weighted by Crippen LogP contribution is -2.10. The van der Waals surface area contributed by atoms with Gasteiger partial charge in [-0.25, -0.2) is 30.0 Å². The second-order valence-electron chi connectivity index (χ2n) is 19.4. The summed E-state index contributed by atoms with van der Waals surface area (Å²) in [5, 5.41) is 0. The number of hydrogen-bond donors (Lipinski definition) is 0. The second-order valence-corrected chi connectivity index (χ2v) is 22.8. The fourth-order valence-electron chi connectivity index (χ4n) is 7.85. The number of fused-ring (bicyclic) bond motifs is 12. The number of rotatable bonds is 6. The van der Waals surface area contributed by atoms with Crippen molar-refractivity contribution in [2.24, 2.45) is 30.0 Å². The van der Waals surface area contributed by atoms with Crippen LogP contribution in [0.1, 0.15) is 112 Å². The highest BCUT2D eigenvalue weighted by Gasteiger charge is 2.31. The van der Waals surface area contributed by atoms with Crippen molar-refractivity contribution in [3.8, 4) is 0 Å². The molecule has 6 aromatic carbocycles. The molecule has 10 rings (SSSR count). The summed E-state index contributed by atoms with van der Waals surface area (Å²) in [7, 11) is 0. The van der Waals surface area contributed by atoms with Crippen LogP contribution in [0.5, 0.6) is 0 Å². The van der Waals surface area contributed by atoms with E-state index in [1.165, 1.54) is 31.4 Å². The van der Waals surface area contributed by atoms with Gasteiger partial charge in [-0.15, -0.1) is 0 Å². The lowest BCUT2D eigenvalue weighted by Gasteiger charge is -2.19. The summed E-state index contributed by atoms with van der Waals surface area (Å²) in [5.41, 5.74) is 9.67. The Labute approximate surface area is 383 Å². The molecule has 0 unspecified atom stereocenters. The van der Waals surface area contributed by atoms with E-state index in [0.29, 0.717) is 35.0 Å². The van der Waals surface area contributed by atoms with Crippen molar-refractivity contribution in [2.75, 3.05) is 0 Å². The molecule has 0 fully saturated rings. The van der Waals surface area contributed by atoms with Gasteiger partial charge in [0.2, 0.25) is 0 Å². The Bertz CT molecular complexity index is 2710. The zero-order valence-corrected chi connectivity index (χ0v) is 39.5. The minimum Gasteiger partial charge on any atom is -0.208 e. The van der Waals surface area contributed by atoms with Gasteiger partial charge >= 0.3 is 0 Å². The maximum Gasteiger partial charge on any atom is 0.164 e. The van der Waals surface area contributed by atoms with E-state index in [-0.39, 0.29) is 16.2 Å². The molecule has 4 heterocycles. The van der Waals surface area contributed by atoms with Crippen molar-refractivity contribution in [1.82, 2.24) is 0 Å². The molecule has 0 aliphatic carbocycles. The molecule has 0 atom stereocenters. The van der Waals surface area contributed by atoms with E-state index in [4.69, 9.17) is 30.0 Å². The lowest BCUT2D eigenvalue weighted by molar-refractivity contribution is 0.589. The lowest BCUT2D eigenvalue weighted by atomic mass is 9.87. The first-order valence-corrected chi connectivity index (χ1v) is 23.8. The largest absolute Gasteiger partial charge is 0.208 e. The van der Waals surface area contributed by atoms with Crippen LogP contribution in [0.2, 0.25) is 0 Å². The molecule has 6 nitrogen and oxygen atoms in total. The van der Waals surface area contributed by atoms with Crippen molar-refractivity contribution in [3.05, 3.63) is 177 Å². The summed E-state index contributed by atoms with van der Waals surface area (Å²) in [6.07, 6.45) is 0. The molecule has 4 aliphatic rings. The van der Waals surface area contributed by atoms with Crippen LogP contribution in [-0.2, 0) is 16.2 Å². The number of amidine groups is 6. The van der Waals surface area contributed by atoms with Gasteiger partial charge < -0.3 is 0 Å². The van der Waals surface area contributed by atoms with Crippen molar-refractivity contribution in [1.29, 1.82) is 0 Å². The summed E-state index contributed by atoms with van der Waals surface area (Å²) in [6, 6.07) is 45.9. The summed E-state index contributed by atoms with van der Waals surface area (Å²) in [4.78, 5) is 37.9. The van der Waals surface area contributed by atoms with Crippen molar-refractivity contribution in [2.45, 2.75) is 108 Å². The number of nitrogens with zero attached hydrogens (tertiary/aromatic N) is 6. The molecule has 63 heavy (non-hydrogen) atoms. The molecule has 6 bridgehead atoms. The predicted octanol–water partition coefficient (Wildman–Crippen LogP) is 14.0. The van der Waals surface area contributed by atoms with Gasteiger partial charge in [0.1, 0.15) is 0 Å². The first-order valence-electron chi connectivity index (χ1n) is 21.3. The SMILES string of the molecule is CC(C)(C)c1ccc(Sc2ccc3c(c2)C2=NC4=NC(=NC5=NC(=NC3=N2)c2cc(Sc3ccc(C(C)(C)C)cc3)ccc25)c2cc(Sc3ccc(C(C)(C)C)cc3)ccc24)cc1. The first-order chi connectivity index (χ1) is 30.0. The van der Waals surface area contributed by atoms with Crippen LogP contribution >= 0.6 is 35.3 Å². The Morgan fingerprint density at radius 3 is 0.683 bits per heavy atom. The van der Waals surface area contributed by atoms with Crippen molar-refractivity contribution in [3.63, 3.8) is 0 Å². The van der Waals surface area contributed by atoms with Crippen LogP contribution in [0.25, 0.3) is 0 Å². The quantitative estimate of drug-likeness (QED) is 0.167. The van der Waals surface area contributed by atoms with Crippen LogP contribution < -0.4 is 0 Å². The van der Waals surface area contributed by atoms with Gasteiger partial charge in [0.05, 0.1) is 0 Å². The zero-order valence-electron chi connectivity index (χ0n) is 37.0. The van der Waals surface area contributed by atoms with E-state index >= 15 is 0 Å². The van der Waals surface area contributed by atoms with Crippen LogP contribution in [0.15, 0.2) is 187 Å². The third-order valence-electron chi connectivity index (χ3n) is 11.6. The predicted molar refractivity (Wildman–Crippen MR) is 266 cm³/mol. The van der Waals surface area contributed by atoms with E-state index in [9.17, 15) is 0 Å². The van der Waals surface area contributed by atoms with Gasteiger partial charge in [-0.2, -0.15) is 0 Å². The standard InChI is InChI=1S/C54H48N6S3/c1-52(2,3)31-10-16-34(17-11-31)61-37-22-25-40-43(28-37)49-55-46(40)59-50-45-30-39(63-36-20-14-33(15-21-36)54(7,8)9)24-27-42(45)48(57-50)60-51-44-29-38(23-26-41(44)47(56-51)58-49)62-35-18-12-32(13-19-35)53(4,5)6/h10-30H,1-9H3. The van der Waals surface area contributed by atoms with E-state index in [2.05, 4.69) is 190 Å². The number of aliphatic imine (C=N–C) groups is 6. The molecule has 0 aromatic heterocycles. The monoisotopic (exact) mass is 876 g/mol. The minimum absolute atomic E-state index is 0.0905. The Kier molecular flexibility index (Phi) is 10.2. The maximum absolute atomic E-state index is 5.22. The molecule has 0 radical (unpaired) electrons. The molecule has 9 heteroatoms. The zero-order chi connectivity index (χ0) is 43.8. The average molecular weight is 877 g/mol. The highest BCUT2D eigenvalue weighted by Crippen LogP contribution is 2.38. The molecule has 0 saturated carbocycles. The molecule has 312 valence electrons. The molecule has 0 spiro atoms. The highest BCUT2D eigenvalue weighted by atomic mass is 32.2. The summed E-state index contributed by atoms with van der Waals surface area (Å²) in [6.45, 7) is 20.2. The third-order valence-corrected chi connectivity index (χ3v) is 14.5. The maximum atomic E-state index is 5.22. The third kappa shape index (κ3) is 8.34. The summed E-state index contributed by atoms with van der Waals surface area (Å²) in [5.74, 6) is 3.44. The minimum atomic E-state index is 0.0905. The van der Waals surface area contributed by atoms with Gasteiger partial charge in [-0.3, -0.25) is 0 Å². The molecular formula is C54H48N6S3. The van der Waals surface area contributed by atoms with Crippen LogP contribution in [0, 0.1) is 0 Å². The van der Waals surface area contributed by atoms with Crippen molar-refractivity contribution >= 4 is 70.3 Å². The molecule has 6 aromatic rings. The van der Waals surface area contributed by atoms with E-state index < -0.39 is 0 Å². The number of hydrogen-bond acceptors (Lipinski definition) is 9. The van der Waals surface area contributed by atoms with Crippen LogP contribution in [-0.4, -0.2) is 35.0 Å². The fourth-order valence-corrected chi connectivity index (χ4v) is 10.4. The van der Waals surface area contributed by atoms with E-state index in [1.54, 1.807) is 35.3 Å². The summed E-state index contributed by atoms with van der Waals surface area (Å²) >= 11 is 5.19. The highest BCUT2D eigenvalue weighted by molar-refractivity contribution is 7.99. The fraction of sp³-hybridized carbons (Fsp3) is 0.222. The molecule has 0 saturated heterocycles. The van der Waals surface area contributed by atoms with Crippen molar-refractivity contribution < 1.29 is 0 Å². The van der Waals surface area contributed by atoms with Gasteiger partial charge in [-0.05, 0) is 124 Å². The van der Waals surface area contributed by atoms with Crippen LogP contribution in [0.3, 0.4) is 0 Å². The Morgan fingerprint density at radius 1 is 0.254 bits per heavy atom. The molecule has 0 amide bonds. The van der Waals surface area contributed by atoms with E-state index in [1.807, 2.05) is 0 Å². The van der Waals surface area contributed by atoms with Gasteiger partial charge in [-0.1, -0.05) is 134 Å². The average Bonchev–Trinajstić information content (AvgIpc) is 3.87.